The van der Waals surface area contributed by atoms with Crippen LogP contribution in [-0.4, -0.2) is 27.3 Å². The standard InChI is InChI=1S/C20H14ClFN4OS/c21-15-4-1-13-7-18(28-17(13)8-15)19-25-20(10-27-19,9-26-12-23-11-24-26)14-2-5-16(22)6-3-14/h1-8,11-12H,9-10H2. The molecule has 0 radical (unpaired) electrons. The van der Waals surface area contributed by atoms with E-state index in [1.807, 2.05) is 24.3 Å². The Bertz CT molecular complexity index is 1170. The molecular weight excluding hydrogens is 399 g/mol. The predicted molar refractivity (Wildman–Crippen MR) is 107 cm³/mol. The third-order valence-electron chi connectivity index (χ3n) is 4.73. The minimum Gasteiger partial charge on any atom is -0.474 e. The molecule has 1 atom stereocenters. The van der Waals surface area contributed by atoms with Crippen LogP contribution in [0.1, 0.15) is 10.4 Å². The molecular formula is C20H14ClFN4OS. The summed E-state index contributed by atoms with van der Waals surface area (Å²) in [5.74, 6) is 0.283. The molecule has 0 N–H and O–H groups in total. The van der Waals surface area contributed by atoms with Crippen LogP contribution in [0.4, 0.5) is 4.39 Å². The Morgan fingerprint density at radius 1 is 1.18 bits per heavy atom. The van der Waals surface area contributed by atoms with Gasteiger partial charge in [-0.2, -0.15) is 5.10 Å². The molecule has 1 unspecified atom stereocenters. The molecule has 0 saturated carbocycles. The Kier molecular flexibility index (Phi) is 4.14. The van der Waals surface area contributed by atoms with Gasteiger partial charge in [0, 0.05) is 9.72 Å². The first-order chi connectivity index (χ1) is 13.6. The Balaban J connectivity index is 1.59. The van der Waals surface area contributed by atoms with E-state index in [1.54, 1.807) is 34.5 Å². The molecule has 1 aliphatic heterocycles. The summed E-state index contributed by atoms with van der Waals surface area (Å²) in [6, 6.07) is 14.2. The second-order valence-electron chi connectivity index (χ2n) is 6.63. The second-order valence-corrected chi connectivity index (χ2v) is 8.15. The van der Waals surface area contributed by atoms with Crippen LogP contribution in [0.3, 0.4) is 0 Å². The van der Waals surface area contributed by atoms with Crippen molar-refractivity contribution in [2.75, 3.05) is 6.61 Å². The number of nitrogens with zero attached hydrogens (tertiary/aromatic N) is 4. The number of benzene rings is 2. The molecule has 0 aliphatic carbocycles. The fourth-order valence-corrected chi connectivity index (χ4v) is 4.63. The summed E-state index contributed by atoms with van der Waals surface area (Å²) < 4.78 is 22.3. The Hall–Kier alpha value is -2.77. The van der Waals surface area contributed by atoms with Crippen LogP contribution in [0.2, 0.25) is 5.02 Å². The largest absolute Gasteiger partial charge is 0.474 e. The average molecular weight is 413 g/mol. The first-order valence-corrected chi connectivity index (χ1v) is 9.81. The van der Waals surface area contributed by atoms with E-state index in [0.29, 0.717) is 24.1 Å². The van der Waals surface area contributed by atoms with Crippen molar-refractivity contribution in [3.63, 3.8) is 0 Å². The molecule has 0 spiro atoms. The number of hydrogen-bond acceptors (Lipinski definition) is 5. The van der Waals surface area contributed by atoms with E-state index in [4.69, 9.17) is 21.3 Å². The van der Waals surface area contributed by atoms with E-state index in [2.05, 4.69) is 10.1 Å². The summed E-state index contributed by atoms with van der Waals surface area (Å²) in [7, 11) is 0. The van der Waals surface area contributed by atoms with Gasteiger partial charge >= 0.3 is 0 Å². The fraction of sp³-hybridized carbons (Fsp3) is 0.150. The normalized spacial score (nSPS) is 19.0. The van der Waals surface area contributed by atoms with E-state index < -0.39 is 5.54 Å². The number of hydrogen-bond donors (Lipinski definition) is 0. The van der Waals surface area contributed by atoms with Crippen molar-refractivity contribution < 1.29 is 9.13 Å². The number of thiophene rings is 1. The molecule has 4 aromatic rings. The van der Waals surface area contributed by atoms with Crippen LogP contribution < -0.4 is 0 Å². The Labute approximate surface area is 169 Å². The molecule has 2 aromatic carbocycles. The lowest BCUT2D eigenvalue weighted by atomic mass is 9.91. The van der Waals surface area contributed by atoms with Crippen molar-refractivity contribution in [1.82, 2.24) is 14.8 Å². The van der Waals surface area contributed by atoms with Gasteiger partial charge in [-0.05, 0) is 41.3 Å². The van der Waals surface area contributed by atoms with Gasteiger partial charge in [0.25, 0.3) is 0 Å². The van der Waals surface area contributed by atoms with E-state index in [0.717, 1.165) is 20.5 Å². The van der Waals surface area contributed by atoms with Crippen molar-refractivity contribution in [3.05, 3.63) is 82.5 Å². The van der Waals surface area contributed by atoms with E-state index in [-0.39, 0.29) is 5.82 Å². The van der Waals surface area contributed by atoms with Crippen molar-refractivity contribution in [3.8, 4) is 0 Å². The number of rotatable bonds is 4. The van der Waals surface area contributed by atoms with Gasteiger partial charge in [0.2, 0.25) is 5.90 Å². The lowest BCUT2D eigenvalue weighted by Gasteiger charge is -2.24. The van der Waals surface area contributed by atoms with Crippen molar-refractivity contribution in [2.45, 2.75) is 12.1 Å². The van der Waals surface area contributed by atoms with Crippen LogP contribution in [0.5, 0.6) is 0 Å². The van der Waals surface area contributed by atoms with Crippen LogP contribution >= 0.6 is 22.9 Å². The monoisotopic (exact) mass is 412 g/mol. The van der Waals surface area contributed by atoms with Gasteiger partial charge in [-0.3, -0.25) is 4.68 Å². The fourth-order valence-electron chi connectivity index (χ4n) is 3.35. The van der Waals surface area contributed by atoms with E-state index in [9.17, 15) is 4.39 Å². The van der Waals surface area contributed by atoms with Crippen LogP contribution in [0, 0.1) is 5.82 Å². The van der Waals surface area contributed by atoms with Crippen molar-refractivity contribution >= 4 is 38.9 Å². The van der Waals surface area contributed by atoms with Crippen LogP contribution in [0.15, 0.2) is 66.2 Å². The number of aromatic nitrogens is 3. The third kappa shape index (κ3) is 3.06. The van der Waals surface area contributed by atoms with Gasteiger partial charge in [0.05, 0.1) is 11.4 Å². The molecule has 0 bridgehead atoms. The summed E-state index contributed by atoms with van der Waals surface area (Å²) in [4.78, 5) is 9.88. The Morgan fingerprint density at radius 3 is 2.82 bits per heavy atom. The summed E-state index contributed by atoms with van der Waals surface area (Å²) in [6.45, 7) is 0.779. The topological polar surface area (TPSA) is 52.3 Å². The molecule has 2 aromatic heterocycles. The zero-order chi connectivity index (χ0) is 19.1. The van der Waals surface area contributed by atoms with Crippen LogP contribution in [0.25, 0.3) is 10.1 Å². The van der Waals surface area contributed by atoms with Gasteiger partial charge in [-0.1, -0.05) is 29.8 Å². The molecule has 1 aliphatic rings. The zero-order valence-electron chi connectivity index (χ0n) is 14.5. The highest BCUT2D eigenvalue weighted by molar-refractivity contribution is 7.20. The molecule has 140 valence electrons. The molecule has 0 fully saturated rings. The maximum atomic E-state index is 13.5. The van der Waals surface area contributed by atoms with Crippen molar-refractivity contribution in [1.29, 1.82) is 0 Å². The number of halogens is 2. The summed E-state index contributed by atoms with van der Waals surface area (Å²) >= 11 is 7.68. The molecule has 5 nitrogen and oxygen atoms in total. The highest BCUT2D eigenvalue weighted by Gasteiger charge is 2.40. The first kappa shape index (κ1) is 17.3. The molecule has 5 rings (SSSR count). The minimum atomic E-state index is -0.704. The number of aliphatic imine (C=N–C) groups is 1. The molecule has 28 heavy (non-hydrogen) atoms. The van der Waals surface area contributed by atoms with E-state index in [1.165, 1.54) is 18.5 Å². The third-order valence-corrected chi connectivity index (χ3v) is 6.05. The lowest BCUT2D eigenvalue weighted by molar-refractivity contribution is 0.230. The van der Waals surface area contributed by atoms with Gasteiger partial charge in [-0.25, -0.2) is 14.4 Å². The molecule has 8 heteroatoms. The summed E-state index contributed by atoms with van der Waals surface area (Å²) in [5, 5.41) is 5.99. The summed E-state index contributed by atoms with van der Waals surface area (Å²) in [5.41, 5.74) is 0.161. The second kappa shape index (κ2) is 6.68. The SMILES string of the molecule is Fc1ccc(C2(Cn3cncn3)COC(c3cc4ccc(Cl)cc4s3)=N2)cc1. The maximum absolute atomic E-state index is 13.5. The van der Waals surface area contributed by atoms with Gasteiger partial charge in [-0.15, -0.1) is 11.3 Å². The summed E-state index contributed by atoms with van der Waals surface area (Å²) in [6.07, 6.45) is 3.12. The van der Waals surface area contributed by atoms with Crippen LogP contribution in [-0.2, 0) is 16.8 Å². The highest BCUT2D eigenvalue weighted by atomic mass is 35.5. The predicted octanol–water partition coefficient (Wildman–Crippen LogP) is 4.66. The molecule has 0 saturated heterocycles. The zero-order valence-corrected chi connectivity index (χ0v) is 16.1. The number of ether oxygens (including phenoxy) is 1. The molecule has 0 amide bonds. The van der Waals surface area contributed by atoms with E-state index >= 15 is 0 Å². The average Bonchev–Trinajstić information content (AvgIpc) is 3.42. The first-order valence-electron chi connectivity index (χ1n) is 8.62. The molecule has 3 heterocycles. The Morgan fingerprint density at radius 2 is 2.04 bits per heavy atom. The maximum Gasteiger partial charge on any atom is 0.227 e. The van der Waals surface area contributed by atoms with Crippen molar-refractivity contribution in [2.24, 2.45) is 4.99 Å². The minimum absolute atomic E-state index is 0.288. The smallest absolute Gasteiger partial charge is 0.227 e. The quantitative estimate of drug-likeness (QED) is 0.490. The van der Waals surface area contributed by atoms with Gasteiger partial charge < -0.3 is 4.74 Å². The number of fused-ring (bicyclic) bond motifs is 1. The van der Waals surface area contributed by atoms with Gasteiger partial charge in [0.1, 0.15) is 30.6 Å². The highest BCUT2D eigenvalue weighted by Crippen LogP contribution is 2.37. The van der Waals surface area contributed by atoms with Gasteiger partial charge in [0.15, 0.2) is 0 Å². The lowest BCUT2D eigenvalue weighted by Crippen LogP contribution is -2.31.